The van der Waals surface area contributed by atoms with Gasteiger partial charge in [0.05, 0.1) is 0 Å². The summed E-state index contributed by atoms with van der Waals surface area (Å²) < 4.78 is 25.9. The van der Waals surface area contributed by atoms with Gasteiger partial charge in [-0.1, -0.05) is 37.3 Å². The van der Waals surface area contributed by atoms with Crippen LogP contribution >= 0.6 is 0 Å². The number of hydrogen-bond acceptors (Lipinski definition) is 3. The van der Waals surface area contributed by atoms with Crippen molar-refractivity contribution in [3.05, 3.63) is 41.3 Å². The van der Waals surface area contributed by atoms with Crippen molar-refractivity contribution >= 4 is 22.0 Å². The average molecular weight is 308 g/mol. The van der Waals surface area contributed by atoms with Crippen LogP contribution in [0.5, 0.6) is 0 Å². The van der Waals surface area contributed by atoms with Crippen LogP contribution in [0, 0.1) is 0 Å². The number of benzene rings is 1. The maximum absolute atomic E-state index is 12.2. The largest absolute Gasteiger partial charge is 0.340 e. The fourth-order valence-electron chi connectivity index (χ4n) is 2.23. The molecule has 1 fully saturated rings. The lowest BCUT2D eigenvalue weighted by molar-refractivity contribution is -0.132. The zero-order valence-corrected chi connectivity index (χ0v) is 12.9. The van der Waals surface area contributed by atoms with E-state index < -0.39 is 10.0 Å². The quantitative estimate of drug-likeness (QED) is 0.848. The zero-order valence-electron chi connectivity index (χ0n) is 12.1. The Labute approximate surface area is 125 Å². The van der Waals surface area contributed by atoms with Gasteiger partial charge in [0.25, 0.3) is 0 Å². The number of rotatable bonds is 4. The third kappa shape index (κ3) is 4.15. The number of hydrogen-bond donors (Lipinski definition) is 0. The van der Waals surface area contributed by atoms with Crippen LogP contribution in [-0.4, -0.2) is 49.7 Å². The molecule has 0 radical (unpaired) electrons. The van der Waals surface area contributed by atoms with E-state index in [4.69, 9.17) is 0 Å². The molecule has 0 atom stereocenters. The Kier molecular flexibility index (Phi) is 5.14. The van der Waals surface area contributed by atoms with Crippen LogP contribution in [0.15, 0.2) is 35.7 Å². The van der Waals surface area contributed by atoms with Crippen molar-refractivity contribution in [2.75, 3.05) is 26.2 Å². The second-order valence-corrected chi connectivity index (χ2v) is 6.71. The molecule has 1 aliphatic heterocycles. The van der Waals surface area contributed by atoms with E-state index in [9.17, 15) is 13.2 Å². The maximum atomic E-state index is 12.2. The first-order valence-corrected chi connectivity index (χ1v) is 8.54. The minimum absolute atomic E-state index is 0.0758. The van der Waals surface area contributed by atoms with Gasteiger partial charge in [0.2, 0.25) is 15.9 Å². The van der Waals surface area contributed by atoms with Crippen LogP contribution in [0.3, 0.4) is 0 Å². The molecular formula is C15H20N2O3S. The molecule has 2 rings (SSSR count). The average Bonchev–Trinajstić information content (AvgIpc) is 2.53. The summed E-state index contributed by atoms with van der Waals surface area (Å²) >= 11 is 0. The SMILES string of the molecule is CCC(=O)N1CCN(S(=O)(=O)/C=C/c2ccccc2)CC1. The Bertz CT molecular complexity index is 603. The van der Waals surface area contributed by atoms with Gasteiger partial charge in [0.1, 0.15) is 0 Å². The molecule has 6 heteroatoms. The Morgan fingerprint density at radius 3 is 2.33 bits per heavy atom. The number of piperazine rings is 1. The zero-order chi connectivity index (χ0) is 15.3. The molecule has 1 aromatic carbocycles. The van der Waals surface area contributed by atoms with Gasteiger partial charge < -0.3 is 4.90 Å². The molecule has 0 aromatic heterocycles. The second kappa shape index (κ2) is 6.87. The highest BCUT2D eigenvalue weighted by Crippen LogP contribution is 2.12. The van der Waals surface area contributed by atoms with Gasteiger partial charge in [-0.15, -0.1) is 0 Å². The fourth-order valence-corrected chi connectivity index (χ4v) is 3.40. The van der Waals surface area contributed by atoms with Gasteiger partial charge in [0, 0.05) is 38.0 Å². The lowest BCUT2D eigenvalue weighted by Gasteiger charge is -2.33. The van der Waals surface area contributed by atoms with Gasteiger partial charge in [0.15, 0.2) is 0 Å². The summed E-state index contributed by atoms with van der Waals surface area (Å²) in [6, 6.07) is 9.31. The van der Waals surface area contributed by atoms with Crippen LogP contribution in [-0.2, 0) is 14.8 Å². The van der Waals surface area contributed by atoms with Gasteiger partial charge >= 0.3 is 0 Å². The first kappa shape index (κ1) is 15.7. The van der Waals surface area contributed by atoms with Crippen molar-refractivity contribution in [2.24, 2.45) is 0 Å². The minimum atomic E-state index is -3.42. The van der Waals surface area contributed by atoms with Crippen LogP contribution in [0.1, 0.15) is 18.9 Å². The van der Waals surface area contributed by atoms with E-state index >= 15 is 0 Å². The molecule has 0 unspecified atom stereocenters. The van der Waals surface area contributed by atoms with Crippen LogP contribution in [0.4, 0.5) is 0 Å². The highest BCUT2D eigenvalue weighted by molar-refractivity contribution is 7.92. The standard InChI is InChI=1S/C15H20N2O3S/c1-2-15(18)16-9-11-17(12-10-16)21(19,20)13-8-14-6-4-3-5-7-14/h3-8,13H,2,9-12H2,1H3/b13-8+. The summed E-state index contributed by atoms with van der Waals surface area (Å²) in [5.74, 6) is 0.0758. The molecule has 1 aliphatic rings. The molecule has 114 valence electrons. The Morgan fingerprint density at radius 2 is 1.76 bits per heavy atom. The summed E-state index contributed by atoms with van der Waals surface area (Å²) in [7, 11) is -3.42. The van der Waals surface area contributed by atoms with Crippen molar-refractivity contribution in [1.82, 2.24) is 9.21 Å². The molecule has 1 saturated heterocycles. The monoisotopic (exact) mass is 308 g/mol. The van der Waals surface area contributed by atoms with E-state index in [0.29, 0.717) is 32.6 Å². The topological polar surface area (TPSA) is 57.7 Å². The molecule has 5 nitrogen and oxygen atoms in total. The predicted molar refractivity (Wildman–Crippen MR) is 82.8 cm³/mol. The molecule has 21 heavy (non-hydrogen) atoms. The number of carbonyl (C=O) groups excluding carboxylic acids is 1. The van der Waals surface area contributed by atoms with Gasteiger partial charge in [-0.2, -0.15) is 4.31 Å². The Morgan fingerprint density at radius 1 is 1.14 bits per heavy atom. The summed E-state index contributed by atoms with van der Waals surface area (Å²) in [5, 5.41) is 1.24. The molecular weight excluding hydrogens is 288 g/mol. The summed E-state index contributed by atoms with van der Waals surface area (Å²) in [6.07, 6.45) is 2.06. The minimum Gasteiger partial charge on any atom is -0.340 e. The van der Waals surface area contributed by atoms with Crippen molar-refractivity contribution < 1.29 is 13.2 Å². The van der Waals surface area contributed by atoms with Crippen molar-refractivity contribution in [1.29, 1.82) is 0 Å². The van der Waals surface area contributed by atoms with E-state index in [0.717, 1.165) is 5.56 Å². The third-order valence-electron chi connectivity index (χ3n) is 3.49. The fraction of sp³-hybridized carbons (Fsp3) is 0.400. The summed E-state index contributed by atoms with van der Waals surface area (Å²) in [5.41, 5.74) is 0.848. The third-order valence-corrected chi connectivity index (χ3v) is 5.05. The van der Waals surface area contributed by atoms with E-state index in [-0.39, 0.29) is 5.91 Å². The highest BCUT2D eigenvalue weighted by Gasteiger charge is 2.26. The number of carbonyl (C=O) groups is 1. The van der Waals surface area contributed by atoms with E-state index in [2.05, 4.69) is 0 Å². The maximum Gasteiger partial charge on any atom is 0.236 e. The normalized spacial score (nSPS) is 17.3. The van der Waals surface area contributed by atoms with Gasteiger partial charge in [-0.3, -0.25) is 4.79 Å². The smallest absolute Gasteiger partial charge is 0.236 e. The van der Waals surface area contributed by atoms with E-state index in [1.165, 1.54) is 9.71 Å². The van der Waals surface area contributed by atoms with E-state index in [1.54, 1.807) is 11.0 Å². The number of sulfonamides is 1. The first-order valence-electron chi connectivity index (χ1n) is 7.04. The second-order valence-electron chi connectivity index (χ2n) is 4.89. The van der Waals surface area contributed by atoms with Gasteiger partial charge in [-0.05, 0) is 11.6 Å². The lowest BCUT2D eigenvalue weighted by atomic mass is 10.2. The van der Waals surface area contributed by atoms with Crippen molar-refractivity contribution in [3.8, 4) is 0 Å². The Balaban J connectivity index is 1.99. The molecule has 1 aromatic rings. The highest BCUT2D eigenvalue weighted by atomic mass is 32.2. The first-order chi connectivity index (χ1) is 10.0. The van der Waals surface area contributed by atoms with Gasteiger partial charge in [-0.25, -0.2) is 8.42 Å². The molecule has 1 heterocycles. The molecule has 0 aliphatic carbocycles. The lowest BCUT2D eigenvalue weighted by Crippen LogP contribution is -2.49. The number of amides is 1. The number of nitrogens with zero attached hydrogens (tertiary/aromatic N) is 2. The van der Waals surface area contributed by atoms with Crippen LogP contribution < -0.4 is 0 Å². The van der Waals surface area contributed by atoms with Crippen LogP contribution in [0.25, 0.3) is 6.08 Å². The molecule has 0 spiro atoms. The molecule has 0 bridgehead atoms. The van der Waals surface area contributed by atoms with Crippen LogP contribution in [0.2, 0.25) is 0 Å². The van der Waals surface area contributed by atoms with Crippen molar-refractivity contribution in [3.63, 3.8) is 0 Å². The predicted octanol–water partition coefficient (Wildman–Crippen LogP) is 1.54. The van der Waals surface area contributed by atoms with Crippen molar-refractivity contribution in [2.45, 2.75) is 13.3 Å². The Hall–Kier alpha value is -1.66. The van der Waals surface area contributed by atoms with E-state index in [1.807, 2.05) is 37.3 Å². The summed E-state index contributed by atoms with van der Waals surface area (Å²) in [6.45, 7) is 3.45. The molecule has 0 N–H and O–H groups in total. The molecule has 1 amide bonds. The summed E-state index contributed by atoms with van der Waals surface area (Å²) in [4.78, 5) is 13.3. The molecule has 0 saturated carbocycles.